The fourth-order valence-electron chi connectivity index (χ4n) is 2.91. The number of benzene rings is 1. The SMILES string of the molecule is O=C(Nc1ccc(Cl)cc1Cl)c1cnc(NC2CCCCCC2)nc1. The third kappa shape index (κ3) is 5.06. The first-order chi connectivity index (χ1) is 12.1. The van der Waals surface area contributed by atoms with E-state index in [1.54, 1.807) is 18.2 Å². The number of carbonyl (C=O) groups is 1. The molecule has 5 nitrogen and oxygen atoms in total. The summed E-state index contributed by atoms with van der Waals surface area (Å²) in [6, 6.07) is 5.31. The smallest absolute Gasteiger partial charge is 0.258 e. The molecule has 2 N–H and O–H groups in total. The lowest BCUT2D eigenvalue weighted by atomic mass is 10.1. The van der Waals surface area contributed by atoms with Crippen LogP contribution in [0.25, 0.3) is 0 Å². The zero-order chi connectivity index (χ0) is 17.6. The zero-order valence-electron chi connectivity index (χ0n) is 13.8. The van der Waals surface area contributed by atoms with Crippen LogP contribution < -0.4 is 10.6 Å². The molecule has 7 heteroatoms. The monoisotopic (exact) mass is 378 g/mol. The van der Waals surface area contributed by atoms with Gasteiger partial charge in [-0.05, 0) is 31.0 Å². The summed E-state index contributed by atoms with van der Waals surface area (Å²) in [5.74, 6) is 0.248. The molecular formula is C18H20Cl2N4O. The number of hydrogen-bond acceptors (Lipinski definition) is 4. The highest BCUT2D eigenvalue weighted by Gasteiger charge is 2.14. The third-order valence-corrected chi connectivity index (χ3v) is 4.83. The second kappa shape index (κ2) is 8.50. The molecule has 0 bridgehead atoms. The van der Waals surface area contributed by atoms with Crippen molar-refractivity contribution >= 4 is 40.7 Å². The number of carbonyl (C=O) groups excluding carboxylic acids is 1. The summed E-state index contributed by atoms with van der Waals surface area (Å²) in [5, 5.41) is 6.99. The molecule has 1 aliphatic rings. The second-order valence-electron chi connectivity index (χ2n) is 6.21. The van der Waals surface area contributed by atoms with Gasteiger partial charge in [0.25, 0.3) is 5.91 Å². The quantitative estimate of drug-likeness (QED) is 0.720. The van der Waals surface area contributed by atoms with Gasteiger partial charge in [-0.25, -0.2) is 9.97 Å². The first kappa shape index (κ1) is 18.0. The van der Waals surface area contributed by atoms with Crippen LogP contribution in [0.1, 0.15) is 48.9 Å². The lowest BCUT2D eigenvalue weighted by Gasteiger charge is -2.16. The van der Waals surface area contributed by atoms with Gasteiger partial charge in [0.1, 0.15) is 0 Å². The van der Waals surface area contributed by atoms with Gasteiger partial charge in [-0.1, -0.05) is 48.9 Å². The number of hydrogen-bond donors (Lipinski definition) is 2. The lowest BCUT2D eigenvalue weighted by molar-refractivity contribution is 0.102. The summed E-state index contributed by atoms with van der Waals surface area (Å²) >= 11 is 11.9. The number of aromatic nitrogens is 2. The maximum Gasteiger partial charge on any atom is 0.258 e. The number of halogens is 2. The van der Waals surface area contributed by atoms with Crippen LogP contribution >= 0.6 is 23.2 Å². The molecule has 25 heavy (non-hydrogen) atoms. The van der Waals surface area contributed by atoms with E-state index in [1.165, 1.54) is 38.1 Å². The normalized spacial score (nSPS) is 15.4. The van der Waals surface area contributed by atoms with Gasteiger partial charge in [0.05, 0.1) is 16.3 Å². The van der Waals surface area contributed by atoms with E-state index in [0.29, 0.717) is 33.3 Å². The molecule has 1 aromatic carbocycles. The fourth-order valence-corrected chi connectivity index (χ4v) is 3.37. The van der Waals surface area contributed by atoms with Crippen molar-refractivity contribution in [1.82, 2.24) is 9.97 Å². The Morgan fingerprint density at radius 2 is 1.72 bits per heavy atom. The van der Waals surface area contributed by atoms with Gasteiger partial charge in [0.2, 0.25) is 5.95 Å². The number of nitrogens with one attached hydrogen (secondary N) is 2. The summed E-state index contributed by atoms with van der Waals surface area (Å²) < 4.78 is 0. The van der Waals surface area contributed by atoms with Crippen molar-refractivity contribution in [3.8, 4) is 0 Å². The highest BCUT2D eigenvalue weighted by Crippen LogP contribution is 2.26. The van der Waals surface area contributed by atoms with Crippen LogP contribution in [-0.2, 0) is 0 Å². The summed E-state index contributed by atoms with van der Waals surface area (Å²) in [7, 11) is 0. The molecule has 0 spiro atoms. The minimum atomic E-state index is -0.315. The maximum atomic E-state index is 12.3. The van der Waals surface area contributed by atoms with E-state index in [0.717, 1.165) is 12.8 Å². The predicted molar refractivity (Wildman–Crippen MR) is 102 cm³/mol. The number of amides is 1. The second-order valence-corrected chi connectivity index (χ2v) is 7.05. The molecule has 0 atom stereocenters. The van der Waals surface area contributed by atoms with Crippen molar-refractivity contribution in [2.24, 2.45) is 0 Å². The van der Waals surface area contributed by atoms with Gasteiger partial charge < -0.3 is 10.6 Å². The molecule has 0 unspecified atom stereocenters. The molecule has 3 rings (SSSR count). The molecule has 1 aliphatic carbocycles. The van der Waals surface area contributed by atoms with E-state index in [1.807, 2.05) is 0 Å². The van der Waals surface area contributed by atoms with Gasteiger partial charge >= 0.3 is 0 Å². The van der Waals surface area contributed by atoms with Gasteiger partial charge in [-0.15, -0.1) is 0 Å². The Hall–Kier alpha value is -1.85. The largest absolute Gasteiger partial charge is 0.351 e. The van der Waals surface area contributed by atoms with Crippen molar-refractivity contribution < 1.29 is 4.79 Å². The Morgan fingerprint density at radius 3 is 2.36 bits per heavy atom. The van der Waals surface area contributed by atoms with E-state index in [2.05, 4.69) is 20.6 Å². The molecular weight excluding hydrogens is 359 g/mol. The molecule has 0 saturated heterocycles. The van der Waals surface area contributed by atoms with E-state index in [-0.39, 0.29) is 5.91 Å². The number of anilines is 2. The Balaban J connectivity index is 1.62. The molecule has 1 saturated carbocycles. The van der Waals surface area contributed by atoms with Crippen LogP contribution in [0.5, 0.6) is 0 Å². The topological polar surface area (TPSA) is 66.9 Å². The molecule has 1 heterocycles. The first-order valence-corrected chi connectivity index (χ1v) is 9.22. The van der Waals surface area contributed by atoms with Crippen LogP contribution in [0.15, 0.2) is 30.6 Å². The molecule has 2 aromatic rings. The Labute approximate surface area is 157 Å². The zero-order valence-corrected chi connectivity index (χ0v) is 15.3. The van der Waals surface area contributed by atoms with E-state index >= 15 is 0 Å². The van der Waals surface area contributed by atoms with Gasteiger partial charge in [0.15, 0.2) is 0 Å². The van der Waals surface area contributed by atoms with Crippen LogP contribution in [0.3, 0.4) is 0 Å². The number of rotatable bonds is 4. The summed E-state index contributed by atoms with van der Waals surface area (Å²) in [5.41, 5.74) is 0.870. The lowest BCUT2D eigenvalue weighted by Crippen LogP contribution is -2.20. The third-order valence-electron chi connectivity index (χ3n) is 4.28. The highest BCUT2D eigenvalue weighted by atomic mass is 35.5. The van der Waals surface area contributed by atoms with Crippen molar-refractivity contribution in [2.45, 2.75) is 44.6 Å². The van der Waals surface area contributed by atoms with Gasteiger partial charge in [-0.3, -0.25) is 4.79 Å². The molecule has 1 fully saturated rings. The van der Waals surface area contributed by atoms with Crippen molar-refractivity contribution in [3.05, 3.63) is 46.2 Å². The summed E-state index contributed by atoms with van der Waals surface area (Å²) in [6.07, 6.45) is 10.4. The highest BCUT2D eigenvalue weighted by molar-refractivity contribution is 6.36. The Kier molecular flexibility index (Phi) is 6.10. The average Bonchev–Trinajstić information content (AvgIpc) is 2.87. The van der Waals surface area contributed by atoms with Crippen LogP contribution in [0.2, 0.25) is 10.0 Å². The minimum Gasteiger partial charge on any atom is -0.351 e. The summed E-state index contributed by atoms with van der Waals surface area (Å²) in [4.78, 5) is 20.8. The van der Waals surface area contributed by atoms with Gasteiger partial charge in [-0.2, -0.15) is 0 Å². The van der Waals surface area contributed by atoms with Crippen LogP contribution in [0.4, 0.5) is 11.6 Å². The minimum absolute atomic E-state index is 0.315. The summed E-state index contributed by atoms with van der Waals surface area (Å²) in [6.45, 7) is 0. The van der Waals surface area contributed by atoms with Crippen molar-refractivity contribution in [2.75, 3.05) is 10.6 Å². The van der Waals surface area contributed by atoms with Crippen molar-refractivity contribution in [1.29, 1.82) is 0 Å². The van der Waals surface area contributed by atoms with Crippen LogP contribution in [-0.4, -0.2) is 21.9 Å². The van der Waals surface area contributed by atoms with Crippen molar-refractivity contribution in [3.63, 3.8) is 0 Å². The van der Waals surface area contributed by atoms with E-state index in [4.69, 9.17) is 23.2 Å². The van der Waals surface area contributed by atoms with Crippen LogP contribution in [0, 0.1) is 0 Å². The molecule has 132 valence electrons. The van der Waals surface area contributed by atoms with E-state index < -0.39 is 0 Å². The van der Waals surface area contributed by atoms with E-state index in [9.17, 15) is 4.79 Å². The molecule has 0 aliphatic heterocycles. The maximum absolute atomic E-state index is 12.3. The average molecular weight is 379 g/mol. The molecule has 1 aromatic heterocycles. The fraction of sp³-hybridized carbons (Fsp3) is 0.389. The molecule has 1 amide bonds. The van der Waals surface area contributed by atoms with Gasteiger partial charge in [0, 0.05) is 23.5 Å². The Bertz CT molecular complexity index is 728. The Morgan fingerprint density at radius 1 is 1.04 bits per heavy atom. The first-order valence-electron chi connectivity index (χ1n) is 8.47. The standard InChI is InChI=1S/C18H20Cl2N4O/c19-13-7-8-16(15(20)9-13)24-17(25)12-10-21-18(22-11-12)23-14-5-3-1-2-4-6-14/h7-11,14H,1-6H2,(H,24,25)(H,21,22,23). The molecule has 0 radical (unpaired) electrons. The number of nitrogens with zero attached hydrogens (tertiary/aromatic N) is 2. The predicted octanol–water partition coefficient (Wildman–Crippen LogP) is 5.17.